The number of carbonyl (C=O) groups is 1. The molecule has 0 saturated carbocycles. The van der Waals surface area contributed by atoms with Crippen LogP contribution in [0.5, 0.6) is 0 Å². The fourth-order valence-corrected chi connectivity index (χ4v) is 3.36. The molecule has 0 aliphatic heterocycles. The quantitative estimate of drug-likeness (QED) is 0.707. The largest absolute Gasteiger partial charge is 0.336 e. The van der Waals surface area contributed by atoms with Crippen LogP contribution < -0.4 is 0 Å². The average Bonchev–Trinajstić information content (AvgIpc) is 3.02. The summed E-state index contributed by atoms with van der Waals surface area (Å²) in [6.45, 7) is 0.0397. The van der Waals surface area contributed by atoms with E-state index in [4.69, 9.17) is 23.2 Å². The van der Waals surface area contributed by atoms with Gasteiger partial charge in [-0.25, -0.2) is 9.37 Å². The predicted octanol–water partition coefficient (Wildman–Crippen LogP) is 4.11. The molecule has 2 heterocycles. The first-order valence-electron chi connectivity index (χ1n) is 6.28. The van der Waals surface area contributed by atoms with Crippen molar-refractivity contribution in [2.45, 2.75) is 6.54 Å². The van der Waals surface area contributed by atoms with Crippen molar-refractivity contribution in [1.29, 1.82) is 0 Å². The lowest BCUT2D eigenvalue weighted by Crippen LogP contribution is -2.28. The Morgan fingerprint density at radius 3 is 2.95 bits per heavy atom. The van der Waals surface area contributed by atoms with Gasteiger partial charge in [0.2, 0.25) is 0 Å². The fourth-order valence-electron chi connectivity index (χ4n) is 2.12. The second kappa shape index (κ2) is 5.87. The lowest BCUT2D eigenvalue weighted by atomic mass is 10.2. The van der Waals surface area contributed by atoms with E-state index in [2.05, 4.69) is 4.98 Å². The first-order valence-corrected chi connectivity index (χ1v) is 7.92. The van der Waals surface area contributed by atoms with Gasteiger partial charge in [0.05, 0.1) is 6.54 Å². The number of hydrogen-bond donors (Lipinski definition) is 0. The minimum Gasteiger partial charge on any atom is -0.336 e. The molecule has 0 fully saturated rings. The van der Waals surface area contributed by atoms with Crippen molar-refractivity contribution in [3.8, 4) is 0 Å². The van der Waals surface area contributed by atoms with Gasteiger partial charge in [-0.2, -0.15) is 0 Å². The number of amides is 1. The minimum atomic E-state index is -0.452. The maximum Gasteiger partial charge on any atom is 0.274 e. The number of carbonyl (C=O) groups excluding carboxylic acids is 1. The number of rotatable bonds is 3. The van der Waals surface area contributed by atoms with Gasteiger partial charge in [-0.3, -0.25) is 9.20 Å². The Labute approximate surface area is 139 Å². The van der Waals surface area contributed by atoms with Crippen LogP contribution in [0.4, 0.5) is 4.39 Å². The molecule has 0 spiro atoms. The lowest BCUT2D eigenvalue weighted by molar-refractivity contribution is 0.0777. The van der Waals surface area contributed by atoms with E-state index < -0.39 is 5.82 Å². The average molecular weight is 358 g/mol. The monoisotopic (exact) mass is 357 g/mol. The maximum atomic E-state index is 13.8. The number of imidazole rings is 1. The summed E-state index contributed by atoms with van der Waals surface area (Å²) >= 11 is 13.4. The van der Waals surface area contributed by atoms with E-state index in [-0.39, 0.29) is 33.9 Å². The van der Waals surface area contributed by atoms with Crippen LogP contribution in [0.2, 0.25) is 10.2 Å². The number of aromatic nitrogens is 2. The Kier molecular flexibility index (Phi) is 4.08. The lowest BCUT2D eigenvalue weighted by Gasteiger charge is -2.18. The van der Waals surface area contributed by atoms with Crippen LogP contribution >= 0.6 is 34.5 Å². The molecule has 0 N–H and O–H groups in total. The van der Waals surface area contributed by atoms with E-state index in [1.807, 2.05) is 5.38 Å². The molecule has 2 aromatic heterocycles. The molecule has 0 radical (unpaired) electrons. The molecule has 0 saturated heterocycles. The molecule has 0 aliphatic carbocycles. The molecule has 4 nitrogen and oxygen atoms in total. The van der Waals surface area contributed by atoms with Crippen LogP contribution in [0.1, 0.15) is 16.1 Å². The molecule has 8 heteroatoms. The SMILES string of the molecule is CN(Cc1c(F)cccc1Cl)C(=O)c1c(Cl)nc2sccn12. The molecule has 0 atom stereocenters. The van der Waals surface area contributed by atoms with Crippen LogP contribution in [0, 0.1) is 5.82 Å². The van der Waals surface area contributed by atoms with Crippen molar-refractivity contribution in [2.24, 2.45) is 0 Å². The van der Waals surface area contributed by atoms with Crippen molar-refractivity contribution in [3.63, 3.8) is 0 Å². The van der Waals surface area contributed by atoms with Crippen LogP contribution in [0.15, 0.2) is 29.8 Å². The van der Waals surface area contributed by atoms with Crippen LogP contribution in [-0.2, 0) is 6.54 Å². The number of nitrogens with zero attached hydrogens (tertiary/aromatic N) is 3. The van der Waals surface area contributed by atoms with Gasteiger partial charge in [0.25, 0.3) is 5.91 Å². The van der Waals surface area contributed by atoms with Gasteiger partial charge in [0.15, 0.2) is 15.8 Å². The zero-order valence-electron chi connectivity index (χ0n) is 11.4. The summed E-state index contributed by atoms with van der Waals surface area (Å²) in [5.74, 6) is -0.803. The van der Waals surface area contributed by atoms with Gasteiger partial charge in [0, 0.05) is 29.2 Å². The summed E-state index contributed by atoms with van der Waals surface area (Å²) in [7, 11) is 1.56. The molecule has 22 heavy (non-hydrogen) atoms. The third-order valence-corrected chi connectivity index (χ3v) is 4.60. The molecule has 3 aromatic rings. The molecule has 0 aliphatic rings. The second-order valence-electron chi connectivity index (χ2n) is 4.67. The van der Waals surface area contributed by atoms with E-state index in [0.29, 0.717) is 4.96 Å². The zero-order chi connectivity index (χ0) is 15.9. The van der Waals surface area contributed by atoms with E-state index in [9.17, 15) is 9.18 Å². The molecule has 0 bridgehead atoms. The first-order chi connectivity index (χ1) is 10.5. The number of hydrogen-bond acceptors (Lipinski definition) is 3. The molecular weight excluding hydrogens is 348 g/mol. The standard InChI is InChI=1S/C14H10Cl2FN3OS/c1-19(7-8-9(15)3-2-4-10(8)17)13(21)11-12(16)18-14-20(11)5-6-22-14/h2-6H,7H2,1H3. The van der Waals surface area contributed by atoms with Crippen LogP contribution in [0.25, 0.3) is 4.96 Å². The topological polar surface area (TPSA) is 37.6 Å². The van der Waals surface area contributed by atoms with Gasteiger partial charge in [0.1, 0.15) is 5.82 Å². The summed E-state index contributed by atoms with van der Waals surface area (Å²) in [5, 5.41) is 2.21. The number of halogens is 3. The van der Waals surface area contributed by atoms with Crippen molar-refractivity contribution < 1.29 is 9.18 Å². The predicted molar refractivity (Wildman–Crippen MR) is 85.3 cm³/mol. The van der Waals surface area contributed by atoms with Crippen molar-refractivity contribution in [1.82, 2.24) is 14.3 Å². The summed E-state index contributed by atoms with van der Waals surface area (Å²) in [5.41, 5.74) is 0.523. The van der Waals surface area contributed by atoms with Gasteiger partial charge in [-0.1, -0.05) is 29.3 Å². The van der Waals surface area contributed by atoms with E-state index in [1.165, 1.54) is 28.4 Å². The van der Waals surface area contributed by atoms with Crippen molar-refractivity contribution in [2.75, 3.05) is 7.05 Å². The summed E-state index contributed by atoms with van der Waals surface area (Å²) in [6, 6.07) is 4.41. The second-order valence-corrected chi connectivity index (χ2v) is 6.31. The van der Waals surface area contributed by atoms with Gasteiger partial charge >= 0.3 is 0 Å². The Morgan fingerprint density at radius 1 is 1.45 bits per heavy atom. The first kappa shape index (κ1) is 15.3. The van der Waals surface area contributed by atoms with Crippen LogP contribution in [0.3, 0.4) is 0 Å². The smallest absolute Gasteiger partial charge is 0.274 e. The van der Waals surface area contributed by atoms with Gasteiger partial charge in [-0.05, 0) is 12.1 Å². The molecule has 0 unspecified atom stereocenters. The summed E-state index contributed by atoms with van der Waals surface area (Å²) < 4.78 is 15.5. The van der Waals surface area contributed by atoms with E-state index in [0.717, 1.165) is 0 Å². The van der Waals surface area contributed by atoms with Crippen LogP contribution in [-0.4, -0.2) is 27.2 Å². The Morgan fingerprint density at radius 2 is 2.23 bits per heavy atom. The minimum absolute atomic E-state index is 0.0397. The highest BCUT2D eigenvalue weighted by molar-refractivity contribution is 7.15. The van der Waals surface area contributed by atoms with Crippen molar-refractivity contribution in [3.05, 3.63) is 57.0 Å². The highest BCUT2D eigenvalue weighted by Crippen LogP contribution is 2.25. The van der Waals surface area contributed by atoms with E-state index in [1.54, 1.807) is 23.7 Å². The Bertz CT molecular complexity index is 841. The fraction of sp³-hybridized carbons (Fsp3) is 0.143. The highest BCUT2D eigenvalue weighted by atomic mass is 35.5. The van der Waals surface area contributed by atoms with E-state index >= 15 is 0 Å². The molecule has 114 valence electrons. The number of benzene rings is 1. The molecule has 1 aromatic carbocycles. The summed E-state index contributed by atoms with van der Waals surface area (Å²) in [6.07, 6.45) is 1.72. The molecule has 1 amide bonds. The normalized spacial score (nSPS) is 11.1. The summed E-state index contributed by atoms with van der Waals surface area (Å²) in [4.78, 5) is 18.7. The maximum absolute atomic E-state index is 13.8. The number of fused-ring (bicyclic) bond motifs is 1. The zero-order valence-corrected chi connectivity index (χ0v) is 13.7. The van der Waals surface area contributed by atoms with Crippen molar-refractivity contribution >= 4 is 45.4 Å². The third kappa shape index (κ3) is 2.58. The third-order valence-electron chi connectivity index (χ3n) is 3.23. The number of thiazole rings is 1. The highest BCUT2D eigenvalue weighted by Gasteiger charge is 2.23. The van der Waals surface area contributed by atoms with Gasteiger partial charge < -0.3 is 4.90 Å². The Balaban J connectivity index is 1.92. The van der Waals surface area contributed by atoms with Gasteiger partial charge in [-0.15, -0.1) is 11.3 Å². The Hall–Kier alpha value is -1.63. The molecule has 3 rings (SSSR count). The molecular formula is C14H10Cl2FN3OS.